The van der Waals surface area contributed by atoms with E-state index >= 15 is 0 Å². The molecule has 1 saturated carbocycles. The highest BCUT2D eigenvalue weighted by molar-refractivity contribution is 5.04. The molecule has 0 unspecified atom stereocenters. The minimum Gasteiger partial charge on any atom is -0.314 e. The summed E-state index contributed by atoms with van der Waals surface area (Å²) in [6, 6.07) is 0. The highest BCUT2D eigenvalue weighted by Crippen LogP contribution is 2.48. The highest BCUT2D eigenvalue weighted by Gasteiger charge is 2.47. The van der Waals surface area contributed by atoms with Gasteiger partial charge >= 0.3 is 0 Å². The second kappa shape index (κ2) is 4.00. The predicted octanol–water partition coefficient (Wildman–Crippen LogP) is 3.34. The maximum atomic E-state index is 3.56. The van der Waals surface area contributed by atoms with Crippen LogP contribution in [0.4, 0.5) is 0 Å². The van der Waals surface area contributed by atoms with Crippen molar-refractivity contribution in [1.29, 1.82) is 0 Å². The Kier molecular flexibility index (Phi) is 3.39. The minimum atomic E-state index is 0.460. The fourth-order valence-electron chi connectivity index (χ4n) is 2.65. The molecule has 0 aliphatic heterocycles. The van der Waals surface area contributed by atoms with Crippen molar-refractivity contribution in [2.24, 2.45) is 5.41 Å². The monoisotopic (exact) mass is 183 g/mol. The van der Waals surface area contributed by atoms with Crippen molar-refractivity contribution < 1.29 is 0 Å². The Labute approximate surface area is 83.3 Å². The van der Waals surface area contributed by atoms with Gasteiger partial charge in [-0.1, -0.05) is 33.6 Å². The fourth-order valence-corrected chi connectivity index (χ4v) is 2.65. The SMILES string of the molecule is CCCCC(C)(C)C1(NC)CCC1. The van der Waals surface area contributed by atoms with Gasteiger partial charge in [0.2, 0.25) is 0 Å². The molecule has 78 valence electrons. The second-order valence-corrected chi connectivity index (χ2v) is 5.17. The molecule has 0 aromatic rings. The molecule has 1 fully saturated rings. The zero-order valence-corrected chi connectivity index (χ0v) is 9.74. The summed E-state index contributed by atoms with van der Waals surface area (Å²) in [6.45, 7) is 7.14. The summed E-state index contributed by atoms with van der Waals surface area (Å²) in [4.78, 5) is 0. The topological polar surface area (TPSA) is 12.0 Å². The molecule has 0 radical (unpaired) electrons. The van der Waals surface area contributed by atoms with E-state index in [4.69, 9.17) is 0 Å². The predicted molar refractivity (Wildman–Crippen MR) is 58.9 cm³/mol. The first-order valence-corrected chi connectivity index (χ1v) is 5.77. The minimum absolute atomic E-state index is 0.460. The molecule has 1 rings (SSSR count). The van der Waals surface area contributed by atoms with Crippen molar-refractivity contribution in [2.75, 3.05) is 7.05 Å². The Morgan fingerprint density at radius 3 is 2.23 bits per heavy atom. The van der Waals surface area contributed by atoms with Crippen LogP contribution in [-0.2, 0) is 0 Å². The van der Waals surface area contributed by atoms with E-state index in [1.54, 1.807) is 0 Å². The van der Waals surface area contributed by atoms with E-state index in [0.29, 0.717) is 11.0 Å². The van der Waals surface area contributed by atoms with E-state index in [1.165, 1.54) is 38.5 Å². The van der Waals surface area contributed by atoms with Crippen molar-refractivity contribution in [3.05, 3.63) is 0 Å². The van der Waals surface area contributed by atoms with Crippen LogP contribution in [0.2, 0.25) is 0 Å². The molecule has 0 atom stereocenters. The average Bonchev–Trinajstić information content (AvgIpc) is 1.99. The molecule has 0 amide bonds. The normalized spacial score (nSPS) is 21.2. The third-order valence-electron chi connectivity index (χ3n) is 4.14. The summed E-state index contributed by atoms with van der Waals surface area (Å²) < 4.78 is 0. The van der Waals surface area contributed by atoms with Gasteiger partial charge in [0.1, 0.15) is 0 Å². The maximum Gasteiger partial charge on any atom is 0.0229 e. The number of rotatable bonds is 5. The lowest BCUT2D eigenvalue weighted by atomic mass is 9.59. The summed E-state index contributed by atoms with van der Waals surface area (Å²) in [5.74, 6) is 0. The molecule has 0 aromatic heterocycles. The summed E-state index contributed by atoms with van der Waals surface area (Å²) in [6.07, 6.45) is 8.22. The largest absolute Gasteiger partial charge is 0.314 e. The Hall–Kier alpha value is -0.0400. The summed E-state index contributed by atoms with van der Waals surface area (Å²) >= 11 is 0. The fraction of sp³-hybridized carbons (Fsp3) is 1.00. The summed E-state index contributed by atoms with van der Waals surface area (Å²) in [5.41, 5.74) is 0.943. The van der Waals surface area contributed by atoms with Crippen LogP contribution in [-0.4, -0.2) is 12.6 Å². The van der Waals surface area contributed by atoms with Crippen molar-refractivity contribution in [3.63, 3.8) is 0 Å². The average molecular weight is 183 g/mol. The van der Waals surface area contributed by atoms with Crippen molar-refractivity contribution in [2.45, 2.75) is 64.8 Å². The molecule has 1 heteroatoms. The Balaban J connectivity index is 2.54. The van der Waals surface area contributed by atoms with Crippen LogP contribution in [0.3, 0.4) is 0 Å². The first kappa shape index (κ1) is 11.0. The Bertz CT molecular complexity index is 151. The van der Waals surface area contributed by atoms with Crippen LogP contribution in [0.15, 0.2) is 0 Å². The number of nitrogens with one attached hydrogen (secondary N) is 1. The summed E-state index contributed by atoms with van der Waals surface area (Å²) in [7, 11) is 2.13. The molecule has 0 spiro atoms. The van der Waals surface area contributed by atoms with Crippen molar-refractivity contribution >= 4 is 0 Å². The molecular formula is C12H25N. The lowest BCUT2D eigenvalue weighted by Crippen LogP contribution is -2.59. The molecule has 1 aliphatic rings. The van der Waals surface area contributed by atoms with Crippen LogP contribution in [0.25, 0.3) is 0 Å². The maximum absolute atomic E-state index is 3.56. The second-order valence-electron chi connectivity index (χ2n) is 5.17. The zero-order valence-electron chi connectivity index (χ0n) is 9.74. The van der Waals surface area contributed by atoms with Crippen LogP contribution in [0.5, 0.6) is 0 Å². The third kappa shape index (κ3) is 1.90. The molecule has 1 nitrogen and oxygen atoms in total. The standard InChI is InChI=1S/C12H25N/c1-5-6-8-11(2,3)12(13-4)9-7-10-12/h13H,5-10H2,1-4H3. The van der Waals surface area contributed by atoms with E-state index in [-0.39, 0.29) is 0 Å². The summed E-state index contributed by atoms with van der Waals surface area (Å²) in [5, 5.41) is 3.56. The van der Waals surface area contributed by atoms with E-state index in [9.17, 15) is 0 Å². The number of hydrogen-bond acceptors (Lipinski definition) is 1. The van der Waals surface area contributed by atoms with Crippen molar-refractivity contribution in [1.82, 2.24) is 5.32 Å². The van der Waals surface area contributed by atoms with E-state index in [0.717, 1.165) is 0 Å². The Morgan fingerprint density at radius 1 is 1.31 bits per heavy atom. The van der Waals surface area contributed by atoms with Crippen LogP contribution >= 0.6 is 0 Å². The lowest BCUT2D eigenvalue weighted by Gasteiger charge is -2.53. The van der Waals surface area contributed by atoms with Gasteiger partial charge in [-0.15, -0.1) is 0 Å². The van der Waals surface area contributed by atoms with Gasteiger partial charge in [0.25, 0.3) is 0 Å². The third-order valence-corrected chi connectivity index (χ3v) is 4.14. The Morgan fingerprint density at radius 2 is 1.92 bits per heavy atom. The molecule has 0 heterocycles. The van der Waals surface area contributed by atoms with Crippen molar-refractivity contribution in [3.8, 4) is 0 Å². The van der Waals surface area contributed by atoms with E-state index < -0.39 is 0 Å². The molecule has 0 saturated heterocycles. The molecule has 1 aliphatic carbocycles. The van der Waals surface area contributed by atoms with Crippen LogP contribution in [0, 0.1) is 5.41 Å². The van der Waals surface area contributed by atoms with Gasteiger partial charge in [0.15, 0.2) is 0 Å². The number of hydrogen-bond donors (Lipinski definition) is 1. The van der Waals surface area contributed by atoms with Crippen LogP contribution < -0.4 is 5.32 Å². The van der Waals surface area contributed by atoms with Gasteiger partial charge < -0.3 is 5.32 Å². The van der Waals surface area contributed by atoms with Crippen LogP contribution in [0.1, 0.15) is 59.3 Å². The van der Waals surface area contributed by atoms with Gasteiger partial charge in [-0.3, -0.25) is 0 Å². The quantitative estimate of drug-likeness (QED) is 0.689. The van der Waals surface area contributed by atoms with E-state index in [2.05, 4.69) is 33.1 Å². The highest BCUT2D eigenvalue weighted by atomic mass is 15.0. The van der Waals surface area contributed by atoms with Gasteiger partial charge in [-0.25, -0.2) is 0 Å². The zero-order chi connectivity index (χ0) is 9.95. The first-order valence-electron chi connectivity index (χ1n) is 5.77. The first-order chi connectivity index (χ1) is 6.08. The van der Waals surface area contributed by atoms with Gasteiger partial charge in [0, 0.05) is 5.54 Å². The van der Waals surface area contributed by atoms with Gasteiger partial charge in [-0.05, 0) is 38.1 Å². The van der Waals surface area contributed by atoms with Gasteiger partial charge in [-0.2, -0.15) is 0 Å². The molecule has 0 bridgehead atoms. The van der Waals surface area contributed by atoms with Gasteiger partial charge in [0.05, 0.1) is 0 Å². The number of unbranched alkanes of at least 4 members (excludes halogenated alkanes) is 1. The molecule has 13 heavy (non-hydrogen) atoms. The van der Waals surface area contributed by atoms with E-state index in [1.807, 2.05) is 0 Å². The molecular weight excluding hydrogens is 158 g/mol. The molecule has 1 N–H and O–H groups in total. The molecule has 0 aromatic carbocycles. The lowest BCUT2D eigenvalue weighted by molar-refractivity contribution is 0.0357. The smallest absolute Gasteiger partial charge is 0.0229 e.